The number of aromatic hydroxyl groups is 1. The number of anilines is 1. The minimum atomic E-state index is -1.01. The quantitative estimate of drug-likeness (QED) is 0.133. The maximum Gasteiger partial charge on any atom is 0.296 e. The summed E-state index contributed by atoms with van der Waals surface area (Å²) in [6.07, 6.45) is 2.95. The first-order valence-corrected chi connectivity index (χ1v) is 14.3. The molecule has 3 aromatic carbocycles. The normalized spacial score (nSPS) is 15.3. The van der Waals surface area contributed by atoms with E-state index in [0.717, 1.165) is 11.1 Å². The SMILES string of the molecule is CCOc1cc(C2C(C(=O)C=Cc3ccccc3)=C(O)C(=O)N2c2nnc(SCc3ccccc3)s2)ccc1O. The molecule has 40 heavy (non-hydrogen) atoms. The van der Waals surface area contributed by atoms with Crippen LogP contribution in [0.15, 0.2) is 101 Å². The fourth-order valence-corrected chi connectivity index (χ4v) is 6.07. The van der Waals surface area contributed by atoms with Gasteiger partial charge in [-0.25, -0.2) is 0 Å². The Morgan fingerprint density at radius 1 is 1.05 bits per heavy atom. The second-order valence-electron chi connectivity index (χ2n) is 8.73. The maximum absolute atomic E-state index is 13.5. The summed E-state index contributed by atoms with van der Waals surface area (Å²) < 4.78 is 6.18. The van der Waals surface area contributed by atoms with Crippen molar-refractivity contribution in [3.05, 3.63) is 113 Å². The van der Waals surface area contributed by atoms with Crippen molar-refractivity contribution < 1.29 is 24.5 Å². The molecule has 0 radical (unpaired) electrons. The van der Waals surface area contributed by atoms with Gasteiger partial charge in [0.25, 0.3) is 5.91 Å². The summed E-state index contributed by atoms with van der Waals surface area (Å²) in [6.45, 7) is 2.08. The van der Waals surface area contributed by atoms with E-state index < -0.39 is 23.5 Å². The molecule has 2 heterocycles. The van der Waals surface area contributed by atoms with Gasteiger partial charge in [0.2, 0.25) is 5.13 Å². The average molecular weight is 572 g/mol. The van der Waals surface area contributed by atoms with Crippen LogP contribution in [0, 0.1) is 0 Å². The van der Waals surface area contributed by atoms with E-state index in [9.17, 15) is 19.8 Å². The molecule has 0 aliphatic carbocycles. The van der Waals surface area contributed by atoms with Crippen LogP contribution in [0.1, 0.15) is 29.7 Å². The predicted molar refractivity (Wildman–Crippen MR) is 156 cm³/mol. The van der Waals surface area contributed by atoms with Gasteiger partial charge in [-0.1, -0.05) is 95.9 Å². The molecular weight excluding hydrogens is 546 g/mol. The fourth-order valence-electron chi connectivity index (χ4n) is 4.24. The summed E-state index contributed by atoms with van der Waals surface area (Å²) in [5.41, 5.74) is 2.27. The highest BCUT2D eigenvalue weighted by molar-refractivity contribution is 8.00. The average Bonchev–Trinajstić information content (AvgIpc) is 3.55. The lowest BCUT2D eigenvalue weighted by molar-refractivity contribution is -0.117. The van der Waals surface area contributed by atoms with Crippen LogP contribution in [0.3, 0.4) is 0 Å². The second-order valence-corrected chi connectivity index (χ2v) is 10.9. The first-order chi connectivity index (χ1) is 19.5. The molecule has 10 heteroatoms. The van der Waals surface area contributed by atoms with Crippen LogP contribution in [-0.2, 0) is 15.3 Å². The van der Waals surface area contributed by atoms with Gasteiger partial charge >= 0.3 is 0 Å². The minimum absolute atomic E-state index is 0.0814. The number of amides is 1. The standard InChI is InChI=1S/C30H25N3O5S2/c1-2-38-24-17-21(14-16-22(24)34)26-25(23(35)15-13-19-9-5-3-6-10-19)27(36)28(37)33(26)29-31-32-30(40-29)39-18-20-11-7-4-8-12-20/h3-17,26,34,36H,2,18H2,1H3. The van der Waals surface area contributed by atoms with E-state index in [1.165, 1.54) is 40.1 Å². The van der Waals surface area contributed by atoms with E-state index in [0.29, 0.717) is 22.3 Å². The molecule has 2 N–H and O–H groups in total. The highest BCUT2D eigenvalue weighted by Crippen LogP contribution is 2.44. The van der Waals surface area contributed by atoms with E-state index >= 15 is 0 Å². The molecular formula is C30H25N3O5S2. The number of phenolic OH excluding ortho intramolecular Hbond substituents is 1. The molecule has 1 aliphatic heterocycles. The molecule has 1 aromatic heterocycles. The Bertz CT molecular complexity index is 1590. The lowest BCUT2D eigenvalue weighted by Gasteiger charge is -2.24. The van der Waals surface area contributed by atoms with Crippen molar-refractivity contribution in [2.75, 3.05) is 11.5 Å². The van der Waals surface area contributed by atoms with Crippen LogP contribution < -0.4 is 9.64 Å². The first kappa shape index (κ1) is 27.2. The lowest BCUT2D eigenvalue weighted by atomic mass is 9.95. The number of nitrogens with zero attached hydrogens (tertiary/aromatic N) is 3. The number of carbonyl (C=O) groups excluding carboxylic acids is 2. The number of ketones is 1. The van der Waals surface area contributed by atoms with Gasteiger partial charge in [0.05, 0.1) is 18.2 Å². The number of aliphatic hydroxyl groups excluding tert-OH is 1. The van der Waals surface area contributed by atoms with E-state index in [1.807, 2.05) is 60.7 Å². The van der Waals surface area contributed by atoms with E-state index in [1.54, 1.807) is 25.1 Å². The number of aliphatic hydroxyl groups is 1. The number of phenols is 1. The molecule has 202 valence electrons. The van der Waals surface area contributed by atoms with Gasteiger partial charge in [-0.2, -0.15) is 0 Å². The summed E-state index contributed by atoms with van der Waals surface area (Å²) in [6, 6.07) is 22.7. The second kappa shape index (κ2) is 12.2. The Morgan fingerprint density at radius 2 is 1.77 bits per heavy atom. The van der Waals surface area contributed by atoms with Crippen molar-refractivity contribution >= 4 is 46.0 Å². The Labute approximate surface area is 239 Å². The van der Waals surface area contributed by atoms with Crippen molar-refractivity contribution in [2.45, 2.75) is 23.1 Å². The number of hydrogen-bond acceptors (Lipinski definition) is 9. The molecule has 5 rings (SSSR count). The summed E-state index contributed by atoms with van der Waals surface area (Å²) in [5, 5.41) is 30.0. The highest BCUT2D eigenvalue weighted by atomic mass is 32.2. The number of carbonyl (C=O) groups is 2. The Morgan fingerprint density at radius 3 is 2.50 bits per heavy atom. The van der Waals surface area contributed by atoms with Crippen molar-refractivity contribution in [1.82, 2.24) is 10.2 Å². The van der Waals surface area contributed by atoms with Gasteiger partial charge < -0.3 is 14.9 Å². The van der Waals surface area contributed by atoms with E-state index in [2.05, 4.69) is 10.2 Å². The third-order valence-corrected chi connectivity index (χ3v) is 8.23. The van der Waals surface area contributed by atoms with Crippen LogP contribution >= 0.6 is 23.1 Å². The first-order valence-electron chi connectivity index (χ1n) is 12.5. The zero-order valence-corrected chi connectivity index (χ0v) is 23.1. The van der Waals surface area contributed by atoms with Crippen LogP contribution in [0.4, 0.5) is 5.13 Å². The molecule has 1 aliphatic rings. The summed E-state index contributed by atoms with van der Waals surface area (Å²) in [5.74, 6) is -1.17. The molecule has 1 unspecified atom stereocenters. The summed E-state index contributed by atoms with van der Waals surface area (Å²) in [4.78, 5) is 28.2. The van der Waals surface area contributed by atoms with Crippen LogP contribution in [0.2, 0.25) is 0 Å². The van der Waals surface area contributed by atoms with E-state index in [4.69, 9.17) is 4.74 Å². The maximum atomic E-state index is 13.5. The van der Waals surface area contributed by atoms with Crippen molar-refractivity contribution in [3.8, 4) is 11.5 Å². The fraction of sp³-hybridized carbons (Fsp3) is 0.133. The zero-order valence-electron chi connectivity index (χ0n) is 21.4. The van der Waals surface area contributed by atoms with Gasteiger partial charge in [0.1, 0.15) is 0 Å². The van der Waals surface area contributed by atoms with Gasteiger partial charge in [0.15, 0.2) is 27.4 Å². The third-order valence-electron chi connectivity index (χ3n) is 6.11. The van der Waals surface area contributed by atoms with Crippen molar-refractivity contribution in [3.63, 3.8) is 0 Å². The topological polar surface area (TPSA) is 113 Å². The Balaban J connectivity index is 1.51. The Hall–Kier alpha value is -4.41. The molecule has 0 bridgehead atoms. The van der Waals surface area contributed by atoms with Crippen LogP contribution in [0.5, 0.6) is 11.5 Å². The predicted octanol–water partition coefficient (Wildman–Crippen LogP) is 6.12. The zero-order chi connectivity index (χ0) is 28.1. The largest absolute Gasteiger partial charge is 0.504 e. The number of ether oxygens (including phenoxy) is 1. The Kier molecular flexibility index (Phi) is 8.28. The van der Waals surface area contributed by atoms with Crippen molar-refractivity contribution in [1.29, 1.82) is 0 Å². The number of thioether (sulfide) groups is 1. The minimum Gasteiger partial charge on any atom is -0.504 e. The molecule has 1 atom stereocenters. The molecule has 1 amide bonds. The number of rotatable bonds is 10. The summed E-state index contributed by atoms with van der Waals surface area (Å²) >= 11 is 2.67. The number of aromatic nitrogens is 2. The van der Waals surface area contributed by atoms with Crippen LogP contribution in [0.25, 0.3) is 6.08 Å². The third kappa shape index (κ3) is 5.78. The number of benzene rings is 3. The van der Waals surface area contributed by atoms with Gasteiger partial charge in [-0.3, -0.25) is 14.5 Å². The molecule has 4 aromatic rings. The van der Waals surface area contributed by atoms with Crippen LogP contribution in [-0.4, -0.2) is 38.7 Å². The monoisotopic (exact) mass is 571 g/mol. The van der Waals surface area contributed by atoms with Gasteiger partial charge in [-0.05, 0) is 41.8 Å². The molecule has 0 fully saturated rings. The lowest BCUT2D eigenvalue weighted by Crippen LogP contribution is -2.30. The van der Waals surface area contributed by atoms with E-state index in [-0.39, 0.29) is 22.2 Å². The smallest absolute Gasteiger partial charge is 0.296 e. The number of hydrogen-bond donors (Lipinski definition) is 2. The molecule has 0 saturated carbocycles. The van der Waals surface area contributed by atoms with Gasteiger partial charge in [-0.15, -0.1) is 10.2 Å². The summed E-state index contributed by atoms with van der Waals surface area (Å²) in [7, 11) is 0. The highest BCUT2D eigenvalue weighted by Gasteiger charge is 2.45. The molecule has 8 nitrogen and oxygen atoms in total. The number of allylic oxidation sites excluding steroid dienone is 1. The molecule has 0 saturated heterocycles. The molecule has 0 spiro atoms. The van der Waals surface area contributed by atoms with Crippen molar-refractivity contribution in [2.24, 2.45) is 0 Å². The van der Waals surface area contributed by atoms with Gasteiger partial charge in [0, 0.05) is 5.75 Å².